The quantitative estimate of drug-likeness (QED) is 0.616. The van der Waals surface area contributed by atoms with Crippen molar-refractivity contribution in [3.05, 3.63) is 47.3 Å². The zero-order valence-corrected chi connectivity index (χ0v) is 19.6. The van der Waals surface area contributed by atoms with E-state index in [4.69, 9.17) is 4.52 Å². The standard InChI is InChI=1S/C22H32N4O4S/c1-17-21(18(2)30-23-17)31(28,29)26-12-10-20(11-13-26)22(27)25(15-14-24(3)4)16-19-8-6-5-7-9-19/h5-9,20H,10-16H2,1-4H3. The van der Waals surface area contributed by atoms with Crippen LogP contribution < -0.4 is 0 Å². The maximum absolute atomic E-state index is 13.3. The summed E-state index contributed by atoms with van der Waals surface area (Å²) >= 11 is 0. The van der Waals surface area contributed by atoms with E-state index in [0.29, 0.717) is 50.5 Å². The van der Waals surface area contributed by atoms with E-state index in [-0.39, 0.29) is 16.7 Å². The summed E-state index contributed by atoms with van der Waals surface area (Å²) in [6.45, 7) is 5.84. The minimum absolute atomic E-state index is 0.0973. The van der Waals surface area contributed by atoms with Crippen molar-refractivity contribution in [3.63, 3.8) is 0 Å². The molecule has 0 atom stereocenters. The highest BCUT2D eigenvalue weighted by Gasteiger charge is 2.36. The average molecular weight is 449 g/mol. The van der Waals surface area contributed by atoms with Gasteiger partial charge in [0.2, 0.25) is 15.9 Å². The number of aryl methyl sites for hydroxylation is 2. The zero-order valence-electron chi connectivity index (χ0n) is 18.7. The molecule has 0 N–H and O–H groups in total. The number of hydrogen-bond donors (Lipinski definition) is 0. The van der Waals surface area contributed by atoms with Crippen LogP contribution >= 0.6 is 0 Å². The second-order valence-corrected chi connectivity index (χ2v) is 10.3. The highest BCUT2D eigenvalue weighted by atomic mass is 32.2. The maximum atomic E-state index is 13.3. The number of rotatable bonds is 8. The average Bonchev–Trinajstić information content (AvgIpc) is 3.10. The van der Waals surface area contributed by atoms with Gasteiger partial charge >= 0.3 is 0 Å². The summed E-state index contributed by atoms with van der Waals surface area (Å²) < 4.78 is 32.6. The molecular formula is C22H32N4O4S. The Morgan fingerprint density at radius 1 is 1.13 bits per heavy atom. The summed E-state index contributed by atoms with van der Waals surface area (Å²) in [7, 11) is 0.305. The molecule has 0 bridgehead atoms. The molecule has 31 heavy (non-hydrogen) atoms. The molecule has 1 amide bonds. The molecule has 1 aromatic carbocycles. The Labute approximate surface area is 184 Å². The van der Waals surface area contributed by atoms with Crippen molar-refractivity contribution < 1.29 is 17.7 Å². The molecule has 0 unspecified atom stereocenters. The Kier molecular flexibility index (Phi) is 7.51. The van der Waals surface area contributed by atoms with Crippen molar-refractivity contribution in [3.8, 4) is 0 Å². The summed E-state index contributed by atoms with van der Waals surface area (Å²) in [6, 6.07) is 9.96. The summed E-state index contributed by atoms with van der Waals surface area (Å²) in [4.78, 5) is 17.4. The lowest BCUT2D eigenvalue weighted by molar-refractivity contribution is -0.137. The molecule has 3 rings (SSSR count). The number of piperidine rings is 1. The highest BCUT2D eigenvalue weighted by Crippen LogP contribution is 2.28. The monoisotopic (exact) mass is 448 g/mol. The van der Waals surface area contributed by atoms with Crippen LogP contribution in [0.3, 0.4) is 0 Å². The molecule has 9 heteroatoms. The van der Waals surface area contributed by atoms with Crippen molar-refractivity contribution in [1.29, 1.82) is 0 Å². The Morgan fingerprint density at radius 2 is 1.77 bits per heavy atom. The minimum Gasteiger partial charge on any atom is -0.360 e. The molecule has 1 aliphatic rings. The molecule has 2 aromatic rings. The molecule has 2 heterocycles. The van der Waals surface area contributed by atoms with E-state index in [1.165, 1.54) is 4.31 Å². The molecular weight excluding hydrogens is 416 g/mol. The molecule has 1 fully saturated rings. The van der Waals surface area contributed by atoms with Crippen LogP contribution in [0.5, 0.6) is 0 Å². The van der Waals surface area contributed by atoms with Gasteiger partial charge in [-0.1, -0.05) is 35.5 Å². The number of nitrogens with zero attached hydrogens (tertiary/aromatic N) is 4. The smallest absolute Gasteiger partial charge is 0.248 e. The summed E-state index contributed by atoms with van der Waals surface area (Å²) in [6.07, 6.45) is 1.02. The number of sulfonamides is 1. The summed E-state index contributed by atoms with van der Waals surface area (Å²) in [5, 5.41) is 3.77. The van der Waals surface area contributed by atoms with E-state index in [0.717, 1.165) is 12.1 Å². The van der Waals surface area contributed by atoms with Gasteiger partial charge in [0, 0.05) is 38.6 Å². The summed E-state index contributed by atoms with van der Waals surface area (Å²) in [5.74, 6) is 0.218. The van der Waals surface area contributed by atoms with Crippen LogP contribution in [-0.4, -0.2) is 73.9 Å². The van der Waals surface area contributed by atoms with Gasteiger partial charge in [-0.2, -0.15) is 4.31 Å². The Balaban J connectivity index is 1.68. The van der Waals surface area contributed by atoms with Crippen LogP contribution in [-0.2, 0) is 21.4 Å². The minimum atomic E-state index is -3.67. The van der Waals surface area contributed by atoms with Gasteiger partial charge in [-0.15, -0.1) is 0 Å². The van der Waals surface area contributed by atoms with Gasteiger partial charge in [-0.3, -0.25) is 4.79 Å². The topological polar surface area (TPSA) is 87.0 Å². The molecule has 1 aromatic heterocycles. The predicted molar refractivity (Wildman–Crippen MR) is 118 cm³/mol. The molecule has 170 valence electrons. The molecule has 0 saturated carbocycles. The molecule has 8 nitrogen and oxygen atoms in total. The third-order valence-corrected chi connectivity index (χ3v) is 7.86. The fourth-order valence-corrected chi connectivity index (χ4v) is 5.73. The number of amides is 1. The second-order valence-electron chi connectivity index (χ2n) is 8.38. The van der Waals surface area contributed by atoms with Crippen LogP contribution in [0, 0.1) is 19.8 Å². The third kappa shape index (κ3) is 5.53. The second kappa shape index (κ2) is 9.93. The number of hydrogen-bond acceptors (Lipinski definition) is 6. The van der Waals surface area contributed by atoms with Crippen LogP contribution in [0.4, 0.5) is 0 Å². The Bertz CT molecular complexity index is 961. The Hall–Kier alpha value is -2.23. The fraction of sp³-hybridized carbons (Fsp3) is 0.545. The van der Waals surface area contributed by atoms with Crippen LogP contribution in [0.15, 0.2) is 39.8 Å². The predicted octanol–water partition coefficient (Wildman–Crippen LogP) is 2.28. The highest BCUT2D eigenvalue weighted by molar-refractivity contribution is 7.89. The zero-order chi connectivity index (χ0) is 22.6. The number of aromatic nitrogens is 1. The number of benzene rings is 1. The molecule has 1 aliphatic heterocycles. The van der Waals surface area contributed by atoms with Gasteiger partial charge in [0.1, 0.15) is 10.6 Å². The van der Waals surface area contributed by atoms with Gasteiger partial charge in [-0.25, -0.2) is 8.42 Å². The SMILES string of the molecule is Cc1noc(C)c1S(=O)(=O)N1CCC(C(=O)N(CCN(C)C)Cc2ccccc2)CC1. The number of carbonyl (C=O) groups is 1. The van der Waals surface area contributed by atoms with E-state index >= 15 is 0 Å². The van der Waals surface area contributed by atoms with Crippen LogP contribution in [0.1, 0.15) is 29.9 Å². The summed E-state index contributed by atoms with van der Waals surface area (Å²) in [5.41, 5.74) is 1.46. The molecule has 0 aliphatic carbocycles. The van der Waals surface area contributed by atoms with E-state index < -0.39 is 10.0 Å². The lowest BCUT2D eigenvalue weighted by Crippen LogP contribution is -2.45. The van der Waals surface area contributed by atoms with Gasteiger partial charge in [0.05, 0.1) is 0 Å². The van der Waals surface area contributed by atoms with E-state index in [9.17, 15) is 13.2 Å². The van der Waals surface area contributed by atoms with Crippen LogP contribution in [0.2, 0.25) is 0 Å². The van der Waals surface area contributed by atoms with Crippen LogP contribution in [0.25, 0.3) is 0 Å². The number of likely N-dealkylation sites (N-methyl/N-ethyl adjacent to an activating group) is 1. The van der Waals surface area contributed by atoms with Crippen molar-refractivity contribution in [1.82, 2.24) is 19.3 Å². The first-order chi connectivity index (χ1) is 14.7. The van der Waals surface area contributed by atoms with Gasteiger partial charge in [-0.05, 0) is 46.3 Å². The van der Waals surface area contributed by atoms with Gasteiger partial charge in [0.25, 0.3) is 0 Å². The largest absolute Gasteiger partial charge is 0.360 e. The van der Waals surface area contributed by atoms with E-state index in [2.05, 4.69) is 10.1 Å². The lowest BCUT2D eigenvalue weighted by Gasteiger charge is -2.34. The number of carbonyl (C=O) groups excluding carboxylic acids is 1. The lowest BCUT2D eigenvalue weighted by atomic mass is 9.96. The normalized spacial score (nSPS) is 16.0. The van der Waals surface area contributed by atoms with Crippen molar-refractivity contribution in [2.24, 2.45) is 5.92 Å². The van der Waals surface area contributed by atoms with Crippen molar-refractivity contribution in [2.45, 2.75) is 38.1 Å². The third-order valence-electron chi connectivity index (χ3n) is 5.71. The molecule has 0 spiro atoms. The first-order valence-electron chi connectivity index (χ1n) is 10.6. The van der Waals surface area contributed by atoms with Gasteiger partial charge in [0.15, 0.2) is 5.76 Å². The van der Waals surface area contributed by atoms with E-state index in [1.54, 1.807) is 13.8 Å². The first-order valence-corrected chi connectivity index (χ1v) is 12.0. The first kappa shape index (κ1) is 23.4. The fourth-order valence-electron chi connectivity index (χ4n) is 3.96. The molecule has 1 saturated heterocycles. The van der Waals surface area contributed by atoms with Crippen molar-refractivity contribution in [2.75, 3.05) is 40.3 Å². The van der Waals surface area contributed by atoms with E-state index in [1.807, 2.05) is 49.3 Å². The van der Waals surface area contributed by atoms with Crippen molar-refractivity contribution >= 4 is 15.9 Å². The Morgan fingerprint density at radius 3 is 2.32 bits per heavy atom. The molecule has 0 radical (unpaired) electrons. The van der Waals surface area contributed by atoms with Gasteiger partial charge < -0.3 is 14.3 Å². The maximum Gasteiger partial charge on any atom is 0.248 e.